The zero-order valence-corrected chi connectivity index (χ0v) is 12.9. The van der Waals surface area contributed by atoms with E-state index in [2.05, 4.69) is 31.7 Å². The summed E-state index contributed by atoms with van der Waals surface area (Å²) in [6.45, 7) is 8.71. The van der Waals surface area contributed by atoms with E-state index in [-0.39, 0.29) is 6.04 Å². The van der Waals surface area contributed by atoms with Crippen LogP contribution in [0.1, 0.15) is 38.8 Å². The van der Waals surface area contributed by atoms with Gasteiger partial charge in [-0.2, -0.15) is 0 Å². The predicted molar refractivity (Wildman–Crippen MR) is 82.4 cm³/mol. The lowest BCUT2D eigenvalue weighted by Gasteiger charge is -2.45. The number of benzene rings is 1. The van der Waals surface area contributed by atoms with Gasteiger partial charge in [-0.05, 0) is 36.8 Å². The molecule has 1 aliphatic heterocycles. The number of likely N-dealkylation sites (tertiary alicyclic amines) is 1. The van der Waals surface area contributed by atoms with Crippen LogP contribution < -0.4 is 5.73 Å². The van der Waals surface area contributed by atoms with Gasteiger partial charge in [-0.1, -0.05) is 43.6 Å². The van der Waals surface area contributed by atoms with Crippen LogP contribution in [-0.2, 0) is 0 Å². The highest BCUT2D eigenvalue weighted by atomic mass is 35.5. The molecule has 1 aliphatic rings. The van der Waals surface area contributed by atoms with Gasteiger partial charge in [-0.25, -0.2) is 0 Å². The molecule has 4 atom stereocenters. The molecule has 0 amide bonds. The molecule has 2 N–H and O–H groups in total. The van der Waals surface area contributed by atoms with Crippen LogP contribution >= 0.6 is 11.6 Å². The monoisotopic (exact) mass is 280 g/mol. The van der Waals surface area contributed by atoms with E-state index in [4.69, 9.17) is 17.3 Å². The van der Waals surface area contributed by atoms with Crippen LogP contribution in [-0.4, -0.2) is 24.0 Å². The standard InChI is InChI=1S/C16H25ClN2/c1-11-8-12(2)13(3)19(10-11)16(9-18)14-6-4-5-7-15(14)17/h4-7,11-13,16H,8-10,18H2,1-3H3. The van der Waals surface area contributed by atoms with Crippen LogP contribution in [0, 0.1) is 11.8 Å². The van der Waals surface area contributed by atoms with Crippen molar-refractivity contribution in [3.05, 3.63) is 34.9 Å². The number of rotatable bonds is 3. The summed E-state index contributed by atoms with van der Waals surface area (Å²) in [6, 6.07) is 8.88. The largest absolute Gasteiger partial charge is 0.329 e. The fourth-order valence-electron chi connectivity index (χ4n) is 3.36. The van der Waals surface area contributed by atoms with Gasteiger partial charge in [0, 0.05) is 30.2 Å². The Morgan fingerprint density at radius 3 is 2.63 bits per heavy atom. The van der Waals surface area contributed by atoms with Gasteiger partial charge in [0.05, 0.1) is 0 Å². The molecule has 2 nitrogen and oxygen atoms in total. The molecule has 0 bridgehead atoms. The Kier molecular flexibility index (Phi) is 4.88. The van der Waals surface area contributed by atoms with E-state index >= 15 is 0 Å². The fraction of sp³-hybridized carbons (Fsp3) is 0.625. The van der Waals surface area contributed by atoms with Gasteiger partial charge in [0.25, 0.3) is 0 Å². The van der Waals surface area contributed by atoms with E-state index in [1.807, 2.05) is 18.2 Å². The third-order valence-electron chi connectivity index (χ3n) is 4.53. The summed E-state index contributed by atoms with van der Waals surface area (Å²) in [5.41, 5.74) is 7.22. The molecule has 1 aromatic rings. The predicted octanol–water partition coefficient (Wildman–Crippen LogP) is 3.71. The van der Waals surface area contributed by atoms with Crippen LogP contribution in [0.4, 0.5) is 0 Å². The minimum atomic E-state index is 0.230. The van der Waals surface area contributed by atoms with Crippen LogP contribution in [0.25, 0.3) is 0 Å². The van der Waals surface area contributed by atoms with Gasteiger partial charge in [0.1, 0.15) is 0 Å². The molecule has 106 valence electrons. The Labute approximate surface area is 121 Å². The highest BCUT2D eigenvalue weighted by Crippen LogP contribution is 2.35. The van der Waals surface area contributed by atoms with E-state index in [9.17, 15) is 0 Å². The van der Waals surface area contributed by atoms with E-state index < -0.39 is 0 Å². The second kappa shape index (κ2) is 6.25. The molecule has 1 fully saturated rings. The molecular weight excluding hydrogens is 256 g/mol. The van der Waals surface area contributed by atoms with Gasteiger partial charge in [-0.15, -0.1) is 0 Å². The lowest BCUT2D eigenvalue weighted by molar-refractivity contribution is 0.0425. The first-order chi connectivity index (χ1) is 9.04. The average Bonchev–Trinajstić information content (AvgIpc) is 2.38. The maximum Gasteiger partial charge on any atom is 0.0488 e. The van der Waals surface area contributed by atoms with Crippen molar-refractivity contribution in [1.29, 1.82) is 0 Å². The van der Waals surface area contributed by atoms with Gasteiger partial charge < -0.3 is 5.73 Å². The van der Waals surface area contributed by atoms with Crippen LogP contribution in [0.2, 0.25) is 5.02 Å². The summed E-state index contributed by atoms with van der Waals surface area (Å²) in [4.78, 5) is 2.54. The number of hydrogen-bond acceptors (Lipinski definition) is 2. The smallest absolute Gasteiger partial charge is 0.0488 e. The van der Waals surface area contributed by atoms with Crippen molar-refractivity contribution in [2.75, 3.05) is 13.1 Å². The molecule has 3 heteroatoms. The number of nitrogens with two attached hydrogens (primary N) is 1. The molecule has 0 aliphatic carbocycles. The highest BCUT2D eigenvalue weighted by molar-refractivity contribution is 6.31. The highest BCUT2D eigenvalue weighted by Gasteiger charge is 2.33. The summed E-state index contributed by atoms with van der Waals surface area (Å²) < 4.78 is 0. The molecule has 0 spiro atoms. The third kappa shape index (κ3) is 3.13. The Balaban J connectivity index is 2.28. The van der Waals surface area contributed by atoms with Crippen LogP contribution in [0.15, 0.2) is 24.3 Å². The maximum absolute atomic E-state index is 6.36. The number of hydrogen-bond donors (Lipinski definition) is 1. The van der Waals surface area contributed by atoms with Crippen molar-refractivity contribution in [3.63, 3.8) is 0 Å². The zero-order chi connectivity index (χ0) is 14.0. The summed E-state index contributed by atoms with van der Waals surface area (Å²) >= 11 is 6.36. The number of halogens is 1. The Morgan fingerprint density at radius 1 is 1.32 bits per heavy atom. The first-order valence-corrected chi connectivity index (χ1v) is 7.62. The zero-order valence-electron chi connectivity index (χ0n) is 12.1. The molecule has 1 saturated heterocycles. The first kappa shape index (κ1) is 14.8. The Bertz CT molecular complexity index is 421. The van der Waals surface area contributed by atoms with Gasteiger partial charge in [-0.3, -0.25) is 4.90 Å². The second-order valence-corrected chi connectivity index (χ2v) is 6.44. The normalized spacial score (nSPS) is 30.3. The number of piperidine rings is 1. The van der Waals surface area contributed by atoms with Crippen LogP contribution in [0.5, 0.6) is 0 Å². The third-order valence-corrected chi connectivity index (χ3v) is 4.88. The quantitative estimate of drug-likeness (QED) is 0.915. The fourth-order valence-corrected chi connectivity index (χ4v) is 3.62. The lowest BCUT2D eigenvalue weighted by Crippen LogP contribution is -2.49. The molecular formula is C16H25ClN2. The summed E-state index contributed by atoms with van der Waals surface area (Å²) in [5, 5.41) is 0.830. The maximum atomic E-state index is 6.36. The lowest BCUT2D eigenvalue weighted by atomic mass is 9.84. The van der Waals surface area contributed by atoms with Crippen LogP contribution in [0.3, 0.4) is 0 Å². The average molecular weight is 281 g/mol. The Hall–Kier alpha value is -0.570. The molecule has 2 rings (SSSR count). The van der Waals surface area contributed by atoms with Crippen molar-refractivity contribution >= 4 is 11.6 Å². The van der Waals surface area contributed by atoms with E-state index in [0.29, 0.717) is 18.5 Å². The first-order valence-electron chi connectivity index (χ1n) is 7.24. The Morgan fingerprint density at radius 2 is 2.00 bits per heavy atom. The van der Waals surface area contributed by atoms with Crippen molar-refractivity contribution in [2.45, 2.75) is 39.3 Å². The van der Waals surface area contributed by atoms with E-state index in [1.54, 1.807) is 0 Å². The molecule has 0 radical (unpaired) electrons. The van der Waals surface area contributed by atoms with Crippen molar-refractivity contribution < 1.29 is 0 Å². The van der Waals surface area contributed by atoms with Crippen molar-refractivity contribution in [1.82, 2.24) is 4.90 Å². The van der Waals surface area contributed by atoms with E-state index in [1.165, 1.54) is 12.0 Å². The molecule has 0 saturated carbocycles. The van der Waals surface area contributed by atoms with Gasteiger partial charge in [0.2, 0.25) is 0 Å². The second-order valence-electron chi connectivity index (χ2n) is 6.03. The molecule has 0 aromatic heterocycles. The molecule has 1 aromatic carbocycles. The minimum Gasteiger partial charge on any atom is -0.329 e. The van der Waals surface area contributed by atoms with Crippen molar-refractivity contribution in [3.8, 4) is 0 Å². The minimum absolute atomic E-state index is 0.230. The van der Waals surface area contributed by atoms with Gasteiger partial charge >= 0.3 is 0 Å². The van der Waals surface area contributed by atoms with E-state index in [0.717, 1.165) is 17.5 Å². The summed E-state index contributed by atoms with van der Waals surface area (Å²) in [7, 11) is 0. The van der Waals surface area contributed by atoms with Gasteiger partial charge in [0.15, 0.2) is 0 Å². The number of nitrogens with zero attached hydrogens (tertiary/aromatic N) is 1. The topological polar surface area (TPSA) is 29.3 Å². The molecule has 4 unspecified atom stereocenters. The summed E-state index contributed by atoms with van der Waals surface area (Å²) in [5.74, 6) is 1.43. The summed E-state index contributed by atoms with van der Waals surface area (Å²) in [6.07, 6.45) is 1.30. The molecule has 1 heterocycles. The molecule has 19 heavy (non-hydrogen) atoms. The SMILES string of the molecule is CC1CC(C)C(C)N(C(CN)c2ccccc2Cl)C1. The van der Waals surface area contributed by atoms with Crippen molar-refractivity contribution in [2.24, 2.45) is 17.6 Å².